The molecule has 1 fully saturated rings. The molecule has 1 N–H and O–H groups in total. The van der Waals surface area contributed by atoms with Crippen molar-refractivity contribution in [2.24, 2.45) is 7.05 Å². The summed E-state index contributed by atoms with van der Waals surface area (Å²) in [5, 5.41) is 4.85. The molecule has 3 rings (SSSR count). The zero-order valence-corrected chi connectivity index (χ0v) is 11.8. The monoisotopic (exact) mass is 292 g/mol. The fourth-order valence-corrected chi connectivity index (χ4v) is 3.44. The molecule has 1 atom stereocenters. The Balaban J connectivity index is 2.24. The molecular formula is C14H17BrN2. The topological polar surface area (TPSA) is 17.0 Å². The Bertz CT molecular complexity index is 565. The number of aryl methyl sites for hydroxylation is 2. The van der Waals surface area contributed by atoms with E-state index in [4.69, 9.17) is 0 Å². The first kappa shape index (κ1) is 11.3. The first-order valence-electron chi connectivity index (χ1n) is 6.13. The van der Waals surface area contributed by atoms with Gasteiger partial charge in [-0.05, 0) is 37.6 Å². The van der Waals surface area contributed by atoms with E-state index >= 15 is 0 Å². The number of benzene rings is 1. The summed E-state index contributed by atoms with van der Waals surface area (Å²) in [5.41, 5.74) is 4.28. The number of hydrogen-bond donors (Lipinski definition) is 1. The van der Waals surface area contributed by atoms with E-state index in [2.05, 4.69) is 58.0 Å². The molecule has 0 aliphatic carbocycles. The average Bonchev–Trinajstić information content (AvgIpc) is 2.88. The average molecular weight is 293 g/mol. The fraction of sp³-hybridized carbons (Fsp3) is 0.429. The maximum absolute atomic E-state index is 3.56. The molecule has 1 unspecified atom stereocenters. The van der Waals surface area contributed by atoms with Crippen LogP contribution in [0.5, 0.6) is 0 Å². The summed E-state index contributed by atoms with van der Waals surface area (Å²) in [5.74, 6) is 0.672. The number of aromatic nitrogens is 1. The second-order valence-corrected chi connectivity index (χ2v) is 5.84. The number of nitrogens with zero attached hydrogens (tertiary/aromatic N) is 1. The van der Waals surface area contributed by atoms with E-state index in [-0.39, 0.29) is 0 Å². The van der Waals surface area contributed by atoms with Gasteiger partial charge in [-0.15, -0.1) is 0 Å². The molecule has 1 saturated heterocycles. The molecule has 0 radical (unpaired) electrons. The van der Waals surface area contributed by atoms with Gasteiger partial charge < -0.3 is 9.88 Å². The second kappa shape index (κ2) is 4.14. The van der Waals surface area contributed by atoms with Crippen LogP contribution in [0.25, 0.3) is 10.9 Å². The van der Waals surface area contributed by atoms with E-state index in [0.29, 0.717) is 5.92 Å². The van der Waals surface area contributed by atoms with E-state index in [0.717, 1.165) is 17.6 Å². The largest absolute Gasteiger partial charge is 0.347 e. The second-order valence-electron chi connectivity index (χ2n) is 4.92. The van der Waals surface area contributed by atoms with Crippen molar-refractivity contribution in [2.45, 2.75) is 19.3 Å². The van der Waals surface area contributed by atoms with Gasteiger partial charge in [0.05, 0.1) is 0 Å². The highest BCUT2D eigenvalue weighted by atomic mass is 79.9. The van der Waals surface area contributed by atoms with Gasteiger partial charge in [0.15, 0.2) is 0 Å². The molecule has 2 aromatic rings. The Kier molecular flexibility index (Phi) is 2.75. The molecule has 2 nitrogen and oxygen atoms in total. The third-order valence-corrected chi connectivity index (χ3v) is 4.41. The molecule has 1 aliphatic rings. The first-order valence-corrected chi connectivity index (χ1v) is 6.93. The lowest BCUT2D eigenvalue weighted by atomic mass is 10.0. The minimum atomic E-state index is 0.672. The van der Waals surface area contributed by atoms with Crippen LogP contribution in [0.1, 0.15) is 23.6 Å². The predicted octanol–water partition coefficient (Wildman–Crippen LogP) is 3.33. The molecule has 0 spiro atoms. The van der Waals surface area contributed by atoms with Gasteiger partial charge in [0, 0.05) is 40.6 Å². The van der Waals surface area contributed by atoms with Gasteiger partial charge in [-0.25, -0.2) is 0 Å². The van der Waals surface area contributed by atoms with E-state index in [1.54, 1.807) is 0 Å². The summed E-state index contributed by atoms with van der Waals surface area (Å²) in [6.45, 7) is 4.52. The minimum Gasteiger partial charge on any atom is -0.347 e. The van der Waals surface area contributed by atoms with Crippen molar-refractivity contribution in [1.29, 1.82) is 0 Å². The van der Waals surface area contributed by atoms with Crippen LogP contribution in [0.2, 0.25) is 0 Å². The van der Waals surface area contributed by atoms with Crippen LogP contribution in [0.4, 0.5) is 0 Å². The van der Waals surface area contributed by atoms with Gasteiger partial charge in [0.25, 0.3) is 0 Å². The smallest absolute Gasteiger partial charge is 0.0494 e. The minimum absolute atomic E-state index is 0.672. The predicted molar refractivity (Wildman–Crippen MR) is 75.6 cm³/mol. The summed E-state index contributed by atoms with van der Waals surface area (Å²) in [7, 11) is 2.19. The molecule has 3 heteroatoms. The Morgan fingerprint density at radius 2 is 2.24 bits per heavy atom. The lowest BCUT2D eigenvalue weighted by molar-refractivity contribution is 0.688. The summed E-state index contributed by atoms with van der Waals surface area (Å²) in [4.78, 5) is 0. The van der Waals surface area contributed by atoms with Crippen molar-refractivity contribution < 1.29 is 0 Å². The molecular weight excluding hydrogens is 276 g/mol. The summed E-state index contributed by atoms with van der Waals surface area (Å²) < 4.78 is 3.52. The molecule has 0 amide bonds. The van der Waals surface area contributed by atoms with Crippen LogP contribution < -0.4 is 5.32 Å². The molecule has 1 aromatic carbocycles. The number of rotatable bonds is 1. The van der Waals surface area contributed by atoms with Crippen LogP contribution in [-0.2, 0) is 7.05 Å². The van der Waals surface area contributed by atoms with Gasteiger partial charge in [-0.1, -0.05) is 22.0 Å². The number of nitrogens with one attached hydrogen (secondary N) is 1. The standard InChI is InChI=1S/C14H17BrN2/c1-9-12-4-3-11(15)7-13(12)17(2)14(9)10-5-6-16-8-10/h3-4,7,10,16H,5-6,8H2,1-2H3. The Morgan fingerprint density at radius 1 is 1.41 bits per heavy atom. The zero-order valence-electron chi connectivity index (χ0n) is 10.3. The molecule has 0 saturated carbocycles. The van der Waals surface area contributed by atoms with Crippen molar-refractivity contribution in [1.82, 2.24) is 9.88 Å². The number of fused-ring (bicyclic) bond motifs is 1. The Labute approximate surface area is 110 Å². The Hall–Kier alpha value is -0.800. The quantitative estimate of drug-likeness (QED) is 0.853. The third kappa shape index (κ3) is 1.72. The Morgan fingerprint density at radius 3 is 2.94 bits per heavy atom. The fourth-order valence-electron chi connectivity index (χ4n) is 3.09. The van der Waals surface area contributed by atoms with Crippen LogP contribution in [0, 0.1) is 6.92 Å². The molecule has 90 valence electrons. The van der Waals surface area contributed by atoms with Crippen molar-refractivity contribution >= 4 is 26.8 Å². The van der Waals surface area contributed by atoms with Crippen LogP contribution in [-0.4, -0.2) is 17.7 Å². The van der Waals surface area contributed by atoms with Gasteiger partial charge >= 0.3 is 0 Å². The maximum Gasteiger partial charge on any atom is 0.0494 e. The van der Waals surface area contributed by atoms with Crippen LogP contribution in [0.15, 0.2) is 22.7 Å². The third-order valence-electron chi connectivity index (χ3n) is 3.92. The SMILES string of the molecule is Cc1c(C2CCNC2)n(C)c2cc(Br)ccc12. The van der Waals surface area contributed by atoms with Crippen LogP contribution >= 0.6 is 15.9 Å². The van der Waals surface area contributed by atoms with Gasteiger partial charge in [-0.2, -0.15) is 0 Å². The van der Waals surface area contributed by atoms with Crippen LogP contribution in [0.3, 0.4) is 0 Å². The molecule has 1 aromatic heterocycles. The highest BCUT2D eigenvalue weighted by molar-refractivity contribution is 9.10. The van der Waals surface area contributed by atoms with E-state index in [1.807, 2.05) is 0 Å². The van der Waals surface area contributed by atoms with E-state index < -0.39 is 0 Å². The highest BCUT2D eigenvalue weighted by Crippen LogP contribution is 2.33. The van der Waals surface area contributed by atoms with Gasteiger partial charge in [-0.3, -0.25) is 0 Å². The lowest BCUT2D eigenvalue weighted by Gasteiger charge is -2.12. The highest BCUT2D eigenvalue weighted by Gasteiger charge is 2.23. The maximum atomic E-state index is 3.56. The van der Waals surface area contributed by atoms with E-state index in [1.165, 1.54) is 28.6 Å². The summed E-state index contributed by atoms with van der Waals surface area (Å²) >= 11 is 3.56. The molecule has 2 heterocycles. The van der Waals surface area contributed by atoms with Gasteiger partial charge in [0.2, 0.25) is 0 Å². The lowest BCUT2D eigenvalue weighted by Crippen LogP contribution is -2.11. The number of hydrogen-bond acceptors (Lipinski definition) is 1. The first-order chi connectivity index (χ1) is 8.18. The molecule has 17 heavy (non-hydrogen) atoms. The van der Waals surface area contributed by atoms with Crippen molar-refractivity contribution in [3.8, 4) is 0 Å². The number of halogens is 1. The van der Waals surface area contributed by atoms with Crippen molar-refractivity contribution in [3.63, 3.8) is 0 Å². The summed E-state index contributed by atoms with van der Waals surface area (Å²) in [6.07, 6.45) is 1.26. The van der Waals surface area contributed by atoms with Gasteiger partial charge in [0.1, 0.15) is 0 Å². The zero-order chi connectivity index (χ0) is 12.0. The van der Waals surface area contributed by atoms with Crippen molar-refractivity contribution in [3.05, 3.63) is 33.9 Å². The molecule has 0 bridgehead atoms. The summed E-state index contributed by atoms with van der Waals surface area (Å²) in [6, 6.07) is 6.57. The van der Waals surface area contributed by atoms with Crippen molar-refractivity contribution in [2.75, 3.05) is 13.1 Å². The normalized spacial score (nSPS) is 20.3. The molecule has 1 aliphatic heterocycles. The van der Waals surface area contributed by atoms with E-state index in [9.17, 15) is 0 Å².